The molecule has 0 saturated heterocycles. The Kier molecular flexibility index (Phi) is 5.97. The average Bonchev–Trinajstić information content (AvgIpc) is 2.98. The molecule has 0 radical (unpaired) electrons. The van der Waals surface area contributed by atoms with Crippen molar-refractivity contribution in [2.24, 2.45) is 0 Å². The van der Waals surface area contributed by atoms with Crippen molar-refractivity contribution in [3.63, 3.8) is 0 Å². The van der Waals surface area contributed by atoms with E-state index in [4.69, 9.17) is 4.42 Å². The molecule has 0 fully saturated rings. The Morgan fingerprint density at radius 3 is 2.48 bits per heavy atom. The summed E-state index contributed by atoms with van der Waals surface area (Å²) < 4.78 is 5.61. The van der Waals surface area contributed by atoms with Gasteiger partial charge in [0.2, 0.25) is 0 Å². The first-order chi connectivity index (χ1) is 10.7. The van der Waals surface area contributed by atoms with Crippen LogP contribution in [0.1, 0.15) is 22.5 Å². The third-order valence-corrected chi connectivity index (χ3v) is 3.72. The molecule has 0 N–H and O–H groups in total. The second-order valence-electron chi connectivity index (χ2n) is 5.55. The van der Waals surface area contributed by atoms with E-state index in [1.807, 2.05) is 55.6 Å². The topological polar surface area (TPSA) is 33.5 Å². The number of rotatable bonds is 6. The summed E-state index contributed by atoms with van der Waals surface area (Å²) in [6.07, 6.45) is 0.461. The molecule has 0 bridgehead atoms. The molecule has 0 unspecified atom stereocenters. The van der Waals surface area contributed by atoms with Crippen LogP contribution in [0.3, 0.4) is 0 Å². The summed E-state index contributed by atoms with van der Waals surface area (Å²) in [5.74, 6) is 0.505. The highest BCUT2D eigenvalue weighted by molar-refractivity contribution is 5.97. The molecule has 120 valence electrons. The zero-order chi connectivity index (χ0) is 15.4. The quantitative estimate of drug-likeness (QED) is 0.622. The third-order valence-electron chi connectivity index (χ3n) is 3.72. The number of hydrogen-bond donors (Lipinski definition) is 0. The van der Waals surface area contributed by atoms with Gasteiger partial charge in [-0.3, -0.25) is 4.79 Å². The first kappa shape index (κ1) is 17.3. The summed E-state index contributed by atoms with van der Waals surface area (Å²) in [6.45, 7) is 1.55. The van der Waals surface area contributed by atoms with Gasteiger partial charge < -0.3 is 9.32 Å². The standard InChI is InChI=1S/C19H19NO2.ClH/c1-20(14-15-7-3-2-4-8-15)12-11-17(21)19-13-16-9-5-6-10-18(16)22-19;/h2-10,13H,11-12,14H2,1H3;1H. The molecule has 0 spiro atoms. The van der Waals surface area contributed by atoms with Gasteiger partial charge in [-0.25, -0.2) is 0 Å². The lowest BCUT2D eigenvalue weighted by Gasteiger charge is -2.15. The van der Waals surface area contributed by atoms with Gasteiger partial charge in [0, 0.05) is 24.9 Å². The van der Waals surface area contributed by atoms with Crippen LogP contribution in [0.15, 0.2) is 65.1 Å². The van der Waals surface area contributed by atoms with E-state index in [1.165, 1.54) is 5.56 Å². The first-order valence-electron chi connectivity index (χ1n) is 7.46. The molecule has 0 aliphatic heterocycles. The molecule has 2 aromatic carbocycles. The van der Waals surface area contributed by atoms with Gasteiger partial charge in [0.25, 0.3) is 0 Å². The number of para-hydroxylation sites is 1. The molecule has 0 amide bonds. The normalized spacial score (nSPS) is 10.7. The minimum absolute atomic E-state index is 0. The number of ketones is 1. The monoisotopic (exact) mass is 329 g/mol. The molecule has 3 nitrogen and oxygen atoms in total. The number of hydrogen-bond acceptors (Lipinski definition) is 3. The molecule has 0 aliphatic carbocycles. The highest BCUT2D eigenvalue weighted by Crippen LogP contribution is 2.20. The summed E-state index contributed by atoms with van der Waals surface area (Å²) in [5.41, 5.74) is 2.02. The lowest BCUT2D eigenvalue weighted by Crippen LogP contribution is -2.21. The van der Waals surface area contributed by atoms with Crippen LogP contribution in [-0.2, 0) is 6.54 Å². The molecular weight excluding hydrogens is 310 g/mol. The molecule has 0 aliphatic rings. The van der Waals surface area contributed by atoms with Crippen LogP contribution in [0.4, 0.5) is 0 Å². The second-order valence-corrected chi connectivity index (χ2v) is 5.55. The maximum absolute atomic E-state index is 12.3. The summed E-state index contributed by atoms with van der Waals surface area (Å²) in [7, 11) is 2.03. The number of nitrogens with zero attached hydrogens (tertiary/aromatic N) is 1. The number of fused-ring (bicyclic) bond motifs is 1. The van der Waals surface area contributed by atoms with Gasteiger partial charge in [0.15, 0.2) is 11.5 Å². The highest BCUT2D eigenvalue weighted by Gasteiger charge is 2.13. The van der Waals surface area contributed by atoms with Crippen LogP contribution < -0.4 is 0 Å². The SMILES string of the molecule is CN(CCC(=O)c1cc2ccccc2o1)Cc1ccccc1.Cl. The van der Waals surface area contributed by atoms with Crippen molar-refractivity contribution in [2.45, 2.75) is 13.0 Å². The summed E-state index contributed by atoms with van der Waals surface area (Å²) in [6, 6.07) is 19.8. The zero-order valence-electron chi connectivity index (χ0n) is 13.1. The van der Waals surface area contributed by atoms with Crippen LogP contribution in [0.2, 0.25) is 0 Å². The Bertz CT molecular complexity index is 734. The molecule has 23 heavy (non-hydrogen) atoms. The molecular formula is C19H20ClNO2. The maximum Gasteiger partial charge on any atom is 0.199 e. The van der Waals surface area contributed by atoms with Crippen LogP contribution in [0, 0.1) is 0 Å². The minimum Gasteiger partial charge on any atom is -0.453 e. The molecule has 4 heteroatoms. The van der Waals surface area contributed by atoms with Gasteiger partial charge >= 0.3 is 0 Å². The highest BCUT2D eigenvalue weighted by atomic mass is 35.5. The molecule has 3 aromatic rings. The van der Waals surface area contributed by atoms with Crippen molar-refractivity contribution in [1.82, 2.24) is 4.90 Å². The number of furan rings is 1. The number of carbonyl (C=O) groups is 1. The smallest absolute Gasteiger partial charge is 0.199 e. The Hall–Kier alpha value is -2.10. The Morgan fingerprint density at radius 2 is 1.74 bits per heavy atom. The van der Waals surface area contributed by atoms with Crippen molar-refractivity contribution < 1.29 is 9.21 Å². The van der Waals surface area contributed by atoms with Crippen LogP contribution in [-0.4, -0.2) is 24.3 Å². The predicted octanol–water partition coefficient (Wildman–Crippen LogP) is 4.56. The van der Waals surface area contributed by atoms with E-state index in [1.54, 1.807) is 0 Å². The number of halogens is 1. The van der Waals surface area contributed by atoms with Gasteiger partial charge in [-0.05, 0) is 24.7 Å². The first-order valence-corrected chi connectivity index (χ1v) is 7.46. The predicted molar refractivity (Wildman–Crippen MR) is 95.2 cm³/mol. The number of Topliss-reactive ketones (excluding diaryl/α,β-unsaturated/α-hetero) is 1. The van der Waals surface area contributed by atoms with Crippen molar-refractivity contribution in [2.75, 3.05) is 13.6 Å². The van der Waals surface area contributed by atoms with Crippen LogP contribution >= 0.6 is 12.4 Å². The molecule has 0 saturated carbocycles. The fraction of sp³-hybridized carbons (Fsp3) is 0.211. The number of carbonyl (C=O) groups excluding carboxylic acids is 1. The van der Waals surface area contributed by atoms with Crippen molar-refractivity contribution in [3.05, 3.63) is 72.0 Å². The van der Waals surface area contributed by atoms with Gasteiger partial charge in [-0.2, -0.15) is 0 Å². The second kappa shape index (κ2) is 7.95. The zero-order valence-corrected chi connectivity index (χ0v) is 13.9. The summed E-state index contributed by atoms with van der Waals surface area (Å²) in [5, 5.41) is 0.975. The molecule has 3 rings (SSSR count). The summed E-state index contributed by atoms with van der Waals surface area (Å²) in [4.78, 5) is 14.4. The number of benzene rings is 2. The van der Waals surface area contributed by atoms with Gasteiger partial charge in [-0.1, -0.05) is 48.5 Å². The fourth-order valence-electron chi connectivity index (χ4n) is 2.51. The van der Waals surface area contributed by atoms with Crippen LogP contribution in [0.25, 0.3) is 11.0 Å². The maximum atomic E-state index is 12.3. The lowest BCUT2D eigenvalue weighted by molar-refractivity contribution is 0.0943. The van der Waals surface area contributed by atoms with Gasteiger partial charge in [0.05, 0.1) is 0 Å². The lowest BCUT2D eigenvalue weighted by atomic mass is 10.2. The van der Waals surface area contributed by atoms with Crippen molar-refractivity contribution >= 4 is 29.2 Å². The Balaban J connectivity index is 0.00000192. The van der Waals surface area contributed by atoms with E-state index in [2.05, 4.69) is 17.0 Å². The van der Waals surface area contributed by atoms with E-state index in [9.17, 15) is 4.79 Å². The fourth-order valence-corrected chi connectivity index (χ4v) is 2.51. The van der Waals surface area contributed by atoms with Crippen molar-refractivity contribution in [3.8, 4) is 0 Å². The van der Waals surface area contributed by atoms with E-state index >= 15 is 0 Å². The largest absolute Gasteiger partial charge is 0.453 e. The Morgan fingerprint density at radius 1 is 1.04 bits per heavy atom. The Labute approximate surface area is 142 Å². The van der Waals surface area contributed by atoms with Gasteiger partial charge in [0.1, 0.15) is 5.58 Å². The molecule has 1 aromatic heterocycles. The van der Waals surface area contributed by atoms with Gasteiger partial charge in [-0.15, -0.1) is 12.4 Å². The minimum atomic E-state index is 0. The summed E-state index contributed by atoms with van der Waals surface area (Å²) >= 11 is 0. The third kappa shape index (κ3) is 4.44. The van der Waals surface area contributed by atoms with Crippen molar-refractivity contribution in [1.29, 1.82) is 0 Å². The van der Waals surface area contributed by atoms with Crippen LogP contribution in [0.5, 0.6) is 0 Å². The van der Waals surface area contributed by atoms with E-state index < -0.39 is 0 Å². The van der Waals surface area contributed by atoms with E-state index in [0.29, 0.717) is 18.7 Å². The van der Waals surface area contributed by atoms with E-state index in [-0.39, 0.29) is 18.2 Å². The molecule has 0 atom stereocenters. The van der Waals surface area contributed by atoms with E-state index in [0.717, 1.165) is 17.5 Å². The molecule has 1 heterocycles. The average molecular weight is 330 g/mol.